The van der Waals surface area contributed by atoms with Gasteiger partial charge in [-0.3, -0.25) is 0 Å². The Labute approximate surface area is 126 Å². The molecular formula is C15H10Cl2N2O. The maximum absolute atomic E-state index is 6.34. The fourth-order valence-corrected chi connectivity index (χ4v) is 2.27. The highest BCUT2D eigenvalue weighted by Crippen LogP contribution is 2.29. The monoisotopic (exact) mass is 304 g/mol. The van der Waals surface area contributed by atoms with Gasteiger partial charge in [0.1, 0.15) is 5.38 Å². The molecule has 1 unspecified atom stereocenters. The molecule has 1 aromatic heterocycles. The van der Waals surface area contributed by atoms with Crippen LogP contribution in [0.15, 0.2) is 59.1 Å². The standard InChI is InChI=1S/C15H10Cl2N2O/c16-12-8-4-7-11(9-12)14-18-15(20-19-14)13(17)10-5-2-1-3-6-10/h1-9,13H. The second-order valence-electron chi connectivity index (χ2n) is 4.24. The van der Waals surface area contributed by atoms with Crippen molar-refractivity contribution in [3.63, 3.8) is 0 Å². The van der Waals surface area contributed by atoms with Gasteiger partial charge in [0, 0.05) is 10.6 Å². The lowest BCUT2D eigenvalue weighted by Crippen LogP contribution is -1.93. The third-order valence-corrected chi connectivity index (χ3v) is 3.51. The van der Waals surface area contributed by atoms with E-state index in [0.717, 1.165) is 11.1 Å². The zero-order chi connectivity index (χ0) is 13.9. The SMILES string of the molecule is Clc1cccc(-c2noc(C(Cl)c3ccccc3)n2)c1. The van der Waals surface area contributed by atoms with Crippen LogP contribution < -0.4 is 0 Å². The van der Waals surface area contributed by atoms with Crippen LogP contribution >= 0.6 is 23.2 Å². The van der Waals surface area contributed by atoms with Crippen molar-refractivity contribution in [2.75, 3.05) is 0 Å². The van der Waals surface area contributed by atoms with Gasteiger partial charge < -0.3 is 4.52 Å². The first-order valence-electron chi connectivity index (χ1n) is 6.02. The minimum Gasteiger partial charge on any atom is -0.337 e. The van der Waals surface area contributed by atoms with Crippen LogP contribution in [0.3, 0.4) is 0 Å². The molecular weight excluding hydrogens is 295 g/mol. The van der Waals surface area contributed by atoms with Crippen LogP contribution in [-0.2, 0) is 0 Å². The molecule has 1 atom stereocenters. The number of nitrogens with zero attached hydrogens (tertiary/aromatic N) is 2. The molecule has 0 aliphatic rings. The van der Waals surface area contributed by atoms with Gasteiger partial charge in [0.05, 0.1) is 0 Å². The zero-order valence-electron chi connectivity index (χ0n) is 10.3. The maximum Gasteiger partial charge on any atom is 0.249 e. The van der Waals surface area contributed by atoms with Crippen LogP contribution in [0.25, 0.3) is 11.4 Å². The Morgan fingerprint density at radius 2 is 1.80 bits per heavy atom. The fraction of sp³-hybridized carbons (Fsp3) is 0.0667. The Hall–Kier alpha value is -1.84. The Morgan fingerprint density at radius 1 is 1.00 bits per heavy atom. The predicted molar refractivity (Wildman–Crippen MR) is 78.9 cm³/mol. The van der Waals surface area contributed by atoms with Gasteiger partial charge in [0.25, 0.3) is 0 Å². The van der Waals surface area contributed by atoms with Crippen molar-refractivity contribution in [1.29, 1.82) is 0 Å². The summed E-state index contributed by atoms with van der Waals surface area (Å²) in [5, 5.41) is 4.11. The molecule has 0 fully saturated rings. The largest absolute Gasteiger partial charge is 0.337 e. The van der Waals surface area contributed by atoms with E-state index in [0.29, 0.717) is 16.7 Å². The summed E-state index contributed by atoms with van der Waals surface area (Å²) < 4.78 is 5.24. The smallest absolute Gasteiger partial charge is 0.249 e. The number of benzene rings is 2. The minimum atomic E-state index is -0.461. The minimum absolute atomic E-state index is 0.368. The summed E-state index contributed by atoms with van der Waals surface area (Å²) in [7, 11) is 0. The second kappa shape index (κ2) is 5.65. The number of hydrogen-bond acceptors (Lipinski definition) is 3. The average molecular weight is 305 g/mol. The van der Waals surface area contributed by atoms with E-state index < -0.39 is 5.38 Å². The molecule has 0 spiro atoms. The van der Waals surface area contributed by atoms with Gasteiger partial charge in [-0.2, -0.15) is 4.98 Å². The summed E-state index contributed by atoms with van der Waals surface area (Å²) in [4.78, 5) is 4.33. The van der Waals surface area contributed by atoms with Gasteiger partial charge in [0.2, 0.25) is 11.7 Å². The Balaban J connectivity index is 1.91. The molecule has 3 rings (SSSR count). The van der Waals surface area contributed by atoms with E-state index in [1.165, 1.54) is 0 Å². The van der Waals surface area contributed by atoms with Crippen molar-refractivity contribution in [3.05, 3.63) is 71.1 Å². The van der Waals surface area contributed by atoms with Crippen molar-refractivity contribution in [3.8, 4) is 11.4 Å². The molecule has 0 N–H and O–H groups in total. The lowest BCUT2D eigenvalue weighted by molar-refractivity contribution is 0.383. The average Bonchev–Trinajstić information content (AvgIpc) is 2.97. The highest BCUT2D eigenvalue weighted by molar-refractivity contribution is 6.30. The fourth-order valence-electron chi connectivity index (χ4n) is 1.85. The molecule has 0 amide bonds. The Kier molecular flexibility index (Phi) is 3.72. The molecule has 0 aliphatic heterocycles. The van der Waals surface area contributed by atoms with E-state index in [9.17, 15) is 0 Å². The van der Waals surface area contributed by atoms with E-state index in [1.807, 2.05) is 42.5 Å². The van der Waals surface area contributed by atoms with Crippen molar-refractivity contribution in [2.24, 2.45) is 0 Å². The van der Waals surface area contributed by atoms with E-state index in [1.54, 1.807) is 12.1 Å². The Morgan fingerprint density at radius 3 is 2.55 bits per heavy atom. The highest BCUT2D eigenvalue weighted by Gasteiger charge is 2.18. The van der Waals surface area contributed by atoms with Crippen LogP contribution in [0.5, 0.6) is 0 Å². The molecule has 2 aromatic carbocycles. The van der Waals surface area contributed by atoms with Crippen molar-refractivity contribution in [2.45, 2.75) is 5.38 Å². The lowest BCUT2D eigenvalue weighted by Gasteiger charge is -2.03. The summed E-state index contributed by atoms with van der Waals surface area (Å²) >= 11 is 12.3. The summed E-state index contributed by atoms with van der Waals surface area (Å²) in [6.07, 6.45) is 0. The van der Waals surface area contributed by atoms with E-state index in [4.69, 9.17) is 27.7 Å². The van der Waals surface area contributed by atoms with Crippen LogP contribution in [-0.4, -0.2) is 10.1 Å². The summed E-state index contributed by atoms with van der Waals surface area (Å²) in [5.74, 6) is 0.844. The zero-order valence-corrected chi connectivity index (χ0v) is 11.8. The van der Waals surface area contributed by atoms with Crippen molar-refractivity contribution in [1.82, 2.24) is 10.1 Å². The van der Waals surface area contributed by atoms with Crippen molar-refractivity contribution >= 4 is 23.2 Å². The molecule has 0 aliphatic carbocycles. The van der Waals surface area contributed by atoms with Crippen LogP contribution in [0.2, 0.25) is 5.02 Å². The number of rotatable bonds is 3. The van der Waals surface area contributed by atoms with E-state index in [-0.39, 0.29) is 0 Å². The van der Waals surface area contributed by atoms with Crippen molar-refractivity contribution < 1.29 is 4.52 Å². The molecule has 3 aromatic rings. The van der Waals surface area contributed by atoms with Gasteiger partial charge in [-0.05, 0) is 17.7 Å². The topological polar surface area (TPSA) is 38.9 Å². The summed E-state index contributed by atoms with van der Waals surface area (Å²) in [5.41, 5.74) is 1.71. The van der Waals surface area contributed by atoms with Crippen LogP contribution in [0.4, 0.5) is 0 Å². The first kappa shape index (κ1) is 13.2. The second-order valence-corrected chi connectivity index (χ2v) is 5.11. The quantitative estimate of drug-likeness (QED) is 0.657. The normalized spacial score (nSPS) is 12.3. The summed E-state index contributed by atoms with van der Waals surface area (Å²) in [6, 6.07) is 16.9. The molecule has 0 saturated heterocycles. The third-order valence-electron chi connectivity index (χ3n) is 2.83. The highest BCUT2D eigenvalue weighted by atomic mass is 35.5. The van der Waals surface area contributed by atoms with Gasteiger partial charge in [0.15, 0.2) is 0 Å². The molecule has 100 valence electrons. The summed E-state index contributed by atoms with van der Waals surface area (Å²) in [6.45, 7) is 0. The van der Waals surface area contributed by atoms with Gasteiger partial charge in [-0.1, -0.05) is 59.2 Å². The molecule has 1 heterocycles. The lowest BCUT2D eigenvalue weighted by atomic mass is 10.1. The van der Waals surface area contributed by atoms with Gasteiger partial charge in [-0.25, -0.2) is 0 Å². The third kappa shape index (κ3) is 2.69. The predicted octanol–water partition coefficient (Wildman–Crippen LogP) is 4.72. The number of halogens is 2. The van der Waals surface area contributed by atoms with E-state index in [2.05, 4.69) is 10.1 Å². The van der Waals surface area contributed by atoms with Gasteiger partial charge >= 0.3 is 0 Å². The number of alkyl halides is 1. The molecule has 3 nitrogen and oxygen atoms in total. The molecule has 0 saturated carbocycles. The van der Waals surface area contributed by atoms with E-state index >= 15 is 0 Å². The molecule has 20 heavy (non-hydrogen) atoms. The Bertz CT molecular complexity index is 713. The van der Waals surface area contributed by atoms with Crippen LogP contribution in [0.1, 0.15) is 16.8 Å². The van der Waals surface area contributed by atoms with Gasteiger partial charge in [-0.15, -0.1) is 11.6 Å². The first-order chi connectivity index (χ1) is 9.74. The number of hydrogen-bond donors (Lipinski definition) is 0. The molecule has 5 heteroatoms. The maximum atomic E-state index is 6.34. The number of aromatic nitrogens is 2. The first-order valence-corrected chi connectivity index (χ1v) is 6.84. The molecule has 0 bridgehead atoms. The van der Waals surface area contributed by atoms with Crippen LogP contribution in [0, 0.1) is 0 Å². The molecule has 0 radical (unpaired) electrons.